The molecule has 0 spiro atoms. The van der Waals surface area contributed by atoms with E-state index in [-0.39, 0.29) is 17.4 Å². The molecule has 0 radical (unpaired) electrons. The van der Waals surface area contributed by atoms with Gasteiger partial charge < -0.3 is 18.3 Å². The second-order valence-electron chi connectivity index (χ2n) is 13.8. The summed E-state index contributed by atoms with van der Waals surface area (Å²) in [5.41, 5.74) is -2.30. The summed E-state index contributed by atoms with van der Waals surface area (Å²) in [4.78, 5) is 40.1. The zero-order chi connectivity index (χ0) is 27.8. The molecule has 3 aliphatic rings. The van der Waals surface area contributed by atoms with E-state index < -0.39 is 56.8 Å². The van der Waals surface area contributed by atoms with Gasteiger partial charge in [-0.3, -0.25) is 19.1 Å². The van der Waals surface area contributed by atoms with Crippen molar-refractivity contribution >= 4 is 22.6 Å². The molecule has 0 amide bonds. The van der Waals surface area contributed by atoms with Crippen LogP contribution in [0.2, 0.25) is 37.8 Å². The maximum absolute atomic E-state index is 12.8. The van der Waals surface area contributed by atoms with Crippen LogP contribution in [0.5, 0.6) is 0 Å². The first-order chi connectivity index (χ1) is 16.8. The zero-order valence-corrected chi connectivity index (χ0v) is 26.1. The molecular weight excluding hydrogens is 508 g/mol. The van der Waals surface area contributed by atoms with Gasteiger partial charge in [-0.1, -0.05) is 20.8 Å². The van der Waals surface area contributed by atoms with Crippen molar-refractivity contribution in [1.82, 2.24) is 9.55 Å². The SMILES string of the molecule is CCOC(=O)C[C@]12C[C@]3(O[Si](C)(C)C)C[C@H](n4cc(C)c(=O)[nH]c4=O)OC3[C@@]1(O[Si](C)(C)C(C)(C)C)C2. The number of hydrogen-bond acceptors (Lipinski definition) is 7. The highest BCUT2D eigenvalue weighted by Crippen LogP contribution is 2.78. The molecule has 1 aliphatic heterocycles. The third-order valence-corrected chi connectivity index (χ3v) is 14.2. The lowest BCUT2D eigenvalue weighted by atomic mass is 9.88. The second kappa shape index (κ2) is 8.74. The van der Waals surface area contributed by atoms with Gasteiger partial charge in [0.05, 0.1) is 24.2 Å². The number of aromatic amines is 1. The van der Waals surface area contributed by atoms with Gasteiger partial charge in [0.25, 0.3) is 5.56 Å². The van der Waals surface area contributed by atoms with Gasteiger partial charge >= 0.3 is 11.7 Å². The van der Waals surface area contributed by atoms with Crippen LogP contribution < -0.4 is 11.2 Å². The summed E-state index contributed by atoms with van der Waals surface area (Å²) >= 11 is 0. The Labute approximate surface area is 221 Å². The minimum Gasteiger partial charge on any atom is -0.466 e. The highest BCUT2D eigenvalue weighted by atomic mass is 28.4. The Morgan fingerprint density at radius 1 is 1.16 bits per heavy atom. The molecule has 1 N–H and O–H groups in total. The van der Waals surface area contributed by atoms with Crippen LogP contribution >= 0.6 is 0 Å². The fourth-order valence-corrected chi connectivity index (χ4v) is 9.41. The Morgan fingerprint density at radius 3 is 2.38 bits per heavy atom. The Balaban J connectivity index is 1.81. The molecule has 208 valence electrons. The predicted octanol–water partition coefficient (Wildman–Crippen LogP) is 4.23. The van der Waals surface area contributed by atoms with Crippen LogP contribution in [-0.2, 0) is 23.1 Å². The van der Waals surface area contributed by atoms with E-state index in [2.05, 4.69) is 58.5 Å². The molecule has 2 aliphatic carbocycles. The quantitative estimate of drug-likeness (QED) is 0.380. The van der Waals surface area contributed by atoms with Gasteiger partial charge in [-0.05, 0) is 64.5 Å². The lowest BCUT2D eigenvalue weighted by molar-refractivity contribution is -0.145. The number of esters is 1. The van der Waals surface area contributed by atoms with Gasteiger partial charge in [0.2, 0.25) is 0 Å². The molecule has 2 heterocycles. The molecule has 1 saturated heterocycles. The summed E-state index contributed by atoms with van der Waals surface area (Å²) in [7, 11) is -4.38. The summed E-state index contributed by atoms with van der Waals surface area (Å²) < 4.78 is 27.8. The van der Waals surface area contributed by atoms with Gasteiger partial charge in [0, 0.05) is 23.6 Å². The van der Waals surface area contributed by atoms with Crippen LogP contribution in [0.1, 0.15) is 65.2 Å². The smallest absolute Gasteiger partial charge is 0.330 e. The highest BCUT2D eigenvalue weighted by molar-refractivity contribution is 6.74. The van der Waals surface area contributed by atoms with Gasteiger partial charge in [0.1, 0.15) is 12.3 Å². The highest BCUT2D eigenvalue weighted by Gasteiger charge is 2.86. The molecule has 37 heavy (non-hydrogen) atoms. The van der Waals surface area contributed by atoms with Gasteiger partial charge in [-0.15, -0.1) is 0 Å². The number of aromatic nitrogens is 2. The minimum absolute atomic E-state index is 0.0458. The number of aryl methyl sites for hydroxylation is 1. The Hall–Kier alpha value is -1.54. The molecule has 0 aromatic carbocycles. The molecule has 1 unspecified atom stereocenters. The van der Waals surface area contributed by atoms with Crippen molar-refractivity contribution in [2.24, 2.45) is 5.41 Å². The van der Waals surface area contributed by atoms with Gasteiger partial charge in [0.15, 0.2) is 16.6 Å². The Kier molecular flexibility index (Phi) is 6.72. The second-order valence-corrected chi connectivity index (χ2v) is 23.0. The average molecular weight is 553 g/mol. The number of nitrogens with one attached hydrogen (secondary N) is 1. The zero-order valence-electron chi connectivity index (χ0n) is 24.1. The molecule has 1 aromatic rings. The van der Waals surface area contributed by atoms with Crippen molar-refractivity contribution in [3.63, 3.8) is 0 Å². The number of H-pyrrole nitrogens is 1. The third-order valence-electron chi connectivity index (χ3n) is 8.72. The van der Waals surface area contributed by atoms with E-state index in [1.54, 1.807) is 13.1 Å². The van der Waals surface area contributed by atoms with Crippen molar-refractivity contribution in [2.45, 2.75) is 122 Å². The van der Waals surface area contributed by atoms with Crippen LogP contribution in [0.4, 0.5) is 0 Å². The van der Waals surface area contributed by atoms with Crippen LogP contribution in [0.15, 0.2) is 15.8 Å². The largest absolute Gasteiger partial charge is 0.466 e. The molecule has 3 fully saturated rings. The first-order valence-corrected chi connectivity index (χ1v) is 19.7. The van der Waals surface area contributed by atoms with Crippen LogP contribution in [0, 0.1) is 12.3 Å². The van der Waals surface area contributed by atoms with Gasteiger partial charge in [-0.2, -0.15) is 0 Å². The standard InChI is InChI=1S/C26H44N2O7Si2/c1-11-32-19(29)13-24-15-25(34-36(6,7)8)12-18(28-14-17(2)20(30)27-22(28)31)33-21(25)26(24,16-24)35-37(9,10)23(3,4)5/h14,18,21H,11-13,15-16H2,1-10H3,(H,27,30,31)/t18-,21?,24-,25-,26+/m1/s1. The lowest BCUT2D eigenvalue weighted by Crippen LogP contribution is -2.54. The van der Waals surface area contributed by atoms with Crippen molar-refractivity contribution in [3.8, 4) is 0 Å². The molecule has 1 aromatic heterocycles. The summed E-state index contributed by atoms with van der Waals surface area (Å²) in [6.07, 6.45) is 2.52. The first kappa shape index (κ1) is 28.5. The molecule has 11 heteroatoms. The molecular formula is C26H44N2O7Si2. The summed E-state index contributed by atoms with van der Waals surface area (Å²) in [5, 5.41) is -0.0458. The monoisotopic (exact) mass is 552 g/mol. The van der Waals surface area contributed by atoms with E-state index in [1.165, 1.54) is 4.57 Å². The van der Waals surface area contributed by atoms with Crippen molar-refractivity contribution in [2.75, 3.05) is 6.61 Å². The normalized spacial score (nSPS) is 33.2. The van der Waals surface area contributed by atoms with Crippen LogP contribution in [-0.4, -0.2) is 56.1 Å². The summed E-state index contributed by atoms with van der Waals surface area (Å²) in [6, 6.07) is 0. The summed E-state index contributed by atoms with van der Waals surface area (Å²) in [5.74, 6) is -0.227. The van der Waals surface area contributed by atoms with Crippen molar-refractivity contribution in [3.05, 3.63) is 32.6 Å². The summed E-state index contributed by atoms with van der Waals surface area (Å²) in [6.45, 7) is 21.3. The minimum atomic E-state index is -2.29. The average Bonchev–Trinajstić information content (AvgIpc) is 3.02. The number of hydrogen-bond donors (Lipinski definition) is 1. The lowest BCUT2D eigenvalue weighted by Gasteiger charge is -2.43. The van der Waals surface area contributed by atoms with Crippen LogP contribution in [0.3, 0.4) is 0 Å². The molecule has 5 atom stereocenters. The van der Waals surface area contributed by atoms with E-state index in [0.29, 0.717) is 31.4 Å². The number of fused-ring (bicyclic) bond motifs is 3. The fourth-order valence-electron chi connectivity index (χ4n) is 6.32. The molecule has 0 bridgehead atoms. The van der Waals surface area contributed by atoms with Crippen LogP contribution in [0.25, 0.3) is 0 Å². The van der Waals surface area contributed by atoms with E-state index in [1.807, 2.05) is 6.92 Å². The Morgan fingerprint density at radius 2 is 1.81 bits per heavy atom. The van der Waals surface area contributed by atoms with E-state index >= 15 is 0 Å². The predicted molar refractivity (Wildman–Crippen MR) is 146 cm³/mol. The first-order valence-electron chi connectivity index (χ1n) is 13.3. The number of carbonyl (C=O) groups is 1. The van der Waals surface area contributed by atoms with Crippen molar-refractivity contribution < 1.29 is 23.1 Å². The number of ether oxygens (including phenoxy) is 2. The number of carbonyl (C=O) groups excluding carboxylic acids is 1. The Bertz CT molecular complexity index is 1200. The topological polar surface area (TPSA) is 109 Å². The molecule has 9 nitrogen and oxygen atoms in total. The van der Waals surface area contributed by atoms with Crippen molar-refractivity contribution in [1.29, 1.82) is 0 Å². The maximum Gasteiger partial charge on any atom is 0.330 e. The molecule has 2 saturated carbocycles. The number of rotatable bonds is 8. The number of nitrogens with zero attached hydrogens (tertiary/aromatic N) is 1. The molecule has 4 rings (SSSR count). The fraction of sp³-hybridized carbons (Fsp3) is 0.808. The van der Waals surface area contributed by atoms with E-state index in [0.717, 1.165) is 0 Å². The van der Waals surface area contributed by atoms with Gasteiger partial charge in [-0.25, -0.2) is 4.79 Å². The third kappa shape index (κ3) is 4.75. The van der Waals surface area contributed by atoms with E-state index in [9.17, 15) is 14.4 Å². The van der Waals surface area contributed by atoms with E-state index in [4.69, 9.17) is 18.3 Å². The maximum atomic E-state index is 12.8.